The van der Waals surface area contributed by atoms with Crippen LogP contribution >= 0.6 is 0 Å². The summed E-state index contributed by atoms with van der Waals surface area (Å²) >= 11 is 0. The molecule has 0 aromatic heterocycles. The summed E-state index contributed by atoms with van der Waals surface area (Å²) in [6, 6.07) is 5.25. The number of hydrogen-bond donors (Lipinski definition) is 3. The summed E-state index contributed by atoms with van der Waals surface area (Å²) in [5.41, 5.74) is 0.469. The van der Waals surface area contributed by atoms with Crippen LogP contribution in [0.25, 0.3) is 0 Å². The van der Waals surface area contributed by atoms with Gasteiger partial charge in [-0.3, -0.25) is 0 Å². The van der Waals surface area contributed by atoms with Crippen LogP contribution in [0.2, 0.25) is 0 Å². The first-order chi connectivity index (χ1) is 10.7. The van der Waals surface area contributed by atoms with E-state index in [1.54, 1.807) is 17.0 Å². The number of nitrogens with one attached hydrogen (secondary N) is 1. The van der Waals surface area contributed by atoms with Crippen molar-refractivity contribution in [3.8, 4) is 11.5 Å². The van der Waals surface area contributed by atoms with Gasteiger partial charge in [0.05, 0.1) is 0 Å². The smallest absolute Gasteiger partial charge is 0.410 e. The standard InChI is InChI=1S/C17H24N2O4/c1-17(2,3)23-16(22)19-8-11-12(9-19)15(11)18-7-10-4-5-13(20)14(21)6-10/h4-6,11-12,15,18,20-21H,7-9H2,1-3H3. The highest BCUT2D eigenvalue weighted by Gasteiger charge is 2.56. The molecule has 6 heteroatoms. The molecule has 1 aliphatic heterocycles. The molecule has 2 atom stereocenters. The molecule has 0 bridgehead atoms. The van der Waals surface area contributed by atoms with Crippen LogP contribution in [0.5, 0.6) is 11.5 Å². The van der Waals surface area contributed by atoms with Gasteiger partial charge in [-0.05, 0) is 50.3 Å². The highest BCUT2D eigenvalue weighted by Crippen LogP contribution is 2.46. The number of hydrogen-bond acceptors (Lipinski definition) is 5. The Morgan fingerprint density at radius 3 is 2.48 bits per heavy atom. The third-order valence-electron chi connectivity index (χ3n) is 4.43. The molecule has 1 aliphatic carbocycles. The number of piperidine rings is 1. The molecule has 1 heterocycles. The summed E-state index contributed by atoms with van der Waals surface area (Å²) in [6.07, 6.45) is -0.230. The van der Waals surface area contributed by atoms with Gasteiger partial charge in [-0.15, -0.1) is 0 Å². The van der Waals surface area contributed by atoms with Crippen molar-refractivity contribution in [2.24, 2.45) is 11.8 Å². The Morgan fingerprint density at radius 1 is 1.26 bits per heavy atom. The monoisotopic (exact) mass is 320 g/mol. The number of likely N-dealkylation sites (tertiary alicyclic amines) is 1. The van der Waals surface area contributed by atoms with Gasteiger partial charge in [0.25, 0.3) is 0 Å². The molecule has 6 nitrogen and oxygen atoms in total. The first-order valence-electron chi connectivity index (χ1n) is 7.97. The summed E-state index contributed by atoms with van der Waals surface area (Å²) in [5.74, 6) is 0.753. The highest BCUT2D eigenvalue weighted by atomic mass is 16.6. The number of carbonyl (C=O) groups is 1. The predicted octanol–water partition coefficient (Wildman–Crippen LogP) is 2.05. The van der Waals surface area contributed by atoms with E-state index < -0.39 is 5.60 Å². The Hall–Kier alpha value is -1.95. The topological polar surface area (TPSA) is 82.0 Å². The Kier molecular flexibility index (Phi) is 3.88. The van der Waals surface area contributed by atoms with Crippen LogP contribution in [0.1, 0.15) is 26.3 Å². The molecule has 2 fully saturated rings. The number of carbonyl (C=O) groups excluding carboxylic acids is 1. The van der Waals surface area contributed by atoms with Crippen molar-refractivity contribution in [1.82, 2.24) is 10.2 Å². The summed E-state index contributed by atoms with van der Waals surface area (Å²) in [5, 5.41) is 22.3. The van der Waals surface area contributed by atoms with Gasteiger partial charge in [0, 0.05) is 25.7 Å². The third-order valence-corrected chi connectivity index (χ3v) is 4.43. The summed E-state index contributed by atoms with van der Waals surface area (Å²) in [7, 11) is 0. The lowest BCUT2D eigenvalue weighted by Gasteiger charge is -2.26. The highest BCUT2D eigenvalue weighted by molar-refractivity contribution is 5.69. The van der Waals surface area contributed by atoms with Crippen LogP contribution in [-0.2, 0) is 11.3 Å². The second-order valence-electron chi connectivity index (χ2n) is 7.44. The normalized spacial score (nSPS) is 26.0. The number of nitrogens with zero attached hydrogens (tertiary/aromatic N) is 1. The van der Waals surface area contributed by atoms with Gasteiger partial charge >= 0.3 is 6.09 Å². The van der Waals surface area contributed by atoms with E-state index in [9.17, 15) is 15.0 Å². The number of phenols is 2. The minimum Gasteiger partial charge on any atom is -0.504 e. The molecule has 1 saturated heterocycles. The van der Waals surface area contributed by atoms with E-state index in [-0.39, 0.29) is 17.6 Å². The zero-order chi connectivity index (χ0) is 16.8. The minimum absolute atomic E-state index is 0.101. The van der Waals surface area contributed by atoms with E-state index in [1.165, 1.54) is 6.07 Å². The van der Waals surface area contributed by atoms with Gasteiger partial charge in [-0.2, -0.15) is 0 Å². The lowest BCUT2D eigenvalue weighted by atomic mass is 10.2. The van der Waals surface area contributed by atoms with Crippen LogP contribution in [0.3, 0.4) is 0 Å². The fraction of sp³-hybridized carbons (Fsp3) is 0.588. The van der Waals surface area contributed by atoms with Crippen molar-refractivity contribution in [2.75, 3.05) is 13.1 Å². The SMILES string of the molecule is CC(C)(C)OC(=O)N1CC2C(C1)C2NCc1ccc(O)c(O)c1. The zero-order valence-corrected chi connectivity index (χ0v) is 13.7. The van der Waals surface area contributed by atoms with E-state index in [1.807, 2.05) is 20.8 Å². The number of aromatic hydroxyl groups is 2. The number of rotatable bonds is 3. The maximum Gasteiger partial charge on any atom is 0.410 e. The molecule has 126 valence electrons. The predicted molar refractivity (Wildman–Crippen MR) is 85.2 cm³/mol. The number of fused-ring (bicyclic) bond motifs is 1. The summed E-state index contributed by atoms with van der Waals surface area (Å²) in [4.78, 5) is 13.8. The van der Waals surface area contributed by atoms with Crippen molar-refractivity contribution >= 4 is 6.09 Å². The molecule has 1 amide bonds. The summed E-state index contributed by atoms with van der Waals surface area (Å²) in [6.45, 7) is 7.73. The van der Waals surface area contributed by atoms with Crippen molar-refractivity contribution in [3.63, 3.8) is 0 Å². The zero-order valence-electron chi connectivity index (χ0n) is 13.7. The van der Waals surface area contributed by atoms with Crippen molar-refractivity contribution < 1.29 is 19.7 Å². The van der Waals surface area contributed by atoms with Crippen molar-refractivity contribution in [1.29, 1.82) is 0 Å². The lowest BCUT2D eigenvalue weighted by Crippen LogP contribution is -2.39. The first kappa shape index (κ1) is 15.9. The fourth-order valence-electron chi connectivity index (χ4n) is 3.22. The lowest BCUT2D eigenvalue weighted by molar-refractivity contribution is 0.0269. The van der Waals surface area contributed by atoms with Gasteiger partial charge in [0.15, 0.2) is 11.5 Å². The van der Waals surface area contributed by atoms with Gasteiger partial charge < -0.3 is 25.2 Å². The number of phenolic OH excluding ortho intramolecular Hbond substituents is 2. The second kappa shape index (κ2) is 5.60. The number of ether oxygens (including phenoxy) is 1. The number of benzene rings is 1. The maximum atomic E-state index is 12.0. The first-order valence-corrected chi connectivity index (χ1v) is 7.97. The molecule has 2 unspecified atom stereocenters. The Morgan fingerprint density at radius 2 is 1.91 bits per heavy atom. The van der Waals surface area contributed by atoms with E-state index in [0.717, 1.165) is 18.7 Å². The average Bonchev–Trinajstić information content (AvgIpc) is 2.89. The average molecular weight is 320 g/mol. The second-order valence-corrected chi connectivity index (χ2v) is 7.44. The number of amides is 1. The van der Waals surface area contributed by atoms with Crippen LogP contribution in [0.15, 0.2) is 18.2 Å². The van der Waals surface area contributed by atoms with Gasteiger partial charge in [-0.25, -0.2) is 4.79 Å². The molecule has 23 heavy (non-hydrogen) atoms. The minimum atomic E-state index is -0.456. The molecule has 3 N–H and O–H groups in total. The molecule has 1 aromatic rings. The summed E-state index contributed by atoms with van der Waals surface area (Å²) < 4.78 is 5.39. The van der Waals surface area contributed by atoms with Crippen LogP contribution < -0.4 is 5.32 Å². The molecule has 1 saturated carbocycles. The van der Waals surface area contributed by atoms with E-state index in [4.69, 9.17) is 4.74 Å². The molecule has 0 radical (unpaired) electrons. The molecule has 3 rings (SSSR count). The Bertz CT molecular complexity index is 599. The van der Waals surface area contributed by atoms with Crippen molar-refractivity contribution in [3.05, 3.63) is 23.8 Å². The Balaban J connectivity index is 1.45. The Labute approximate surface area is 136 Å². The van der Waals surface area contributed by atoms with E-state index in [2.05, 4.69) is 5.32 Å². The largest absolute Gasteiger partial charge is 0.504 e. The van der Waals surface area contributed by atoms with Gasteiger partial charge in [0.2, 0.25) is 0 Å². The van der Waals surface area contributed by atoms with E-state index >= 15 is 0 Å². The van der Waals surface area contributed by atoms with Crippen LogP contribution in [-0.4, -0.2) is 45.9 Å². The van der Waals surface area contributed by atoms with E-state index in [0.29, 0.717) is 24.4 Å². The molecular weight excluding hydrogens is 296 g/mol. The molecule has 0 spiro atoms. The van der Waals surface area contributed by atoms with Gasteiger partial charge in [-0.1, -0.05) is 6.07 Å². The molecular formula is C17H24N2O4. The molecule has 2 aliphatic rings. The van der Waals surface area contributed by atoms with Crippen LogP contribution in [0, 0.1) is 11.8 Å². The van der Waals surface area contributed by atoms with Gasteiger partial charge in [0.1, 0.15) is 5.60 Å². The fourth-order valence-corrected chi connectivity index (χ4v) is 3.22. The third kappa shape index (κ3) is 3.52. The van der Waals surface area contributed by atoms with Crippen molar-refractivity contribution in [2.45, 2.75) is 39.0 Å². The maximum absolute atomic E-state index is 12.0. The quantitative estimate of drug-likeness (QED) is 0.743. The molecule has 1 aromatic carbocycles. The van der Waals surface area contributed by atoms with Crippen LogP contribution in [0.4, 0.5) is 4.79 Å².